The van der Waals surface area contributed by atoms with Gasteiger partial charge in [0, 0.05) is 37.0 Å². The normalized spacial score (nSPS) is 40.0. The fourth-order valence-electron chi connectivity index (χ4n) is 7.23. The van der Waals surface area contributed by atoms with E-state index in [2.05, 4.69) is 0 Å². The number of allylic oxidation sites excluding steroid dienone is 4. The molecule has 0 heterocycles. The summed E-state index contributed by atoms with van der Waals surface area (Å²) < 4.78 is 10.7. The Balaban J connectivity index is 1.74. The third kappa shape index (κ3) is 3.11. The summed E-state index contributed by atoms with van der Waals surface area (Å²) in [5.41, 5.74) is -1.88. The van der Waals surface area contributed by atoms with Crippen LogP contribution in [0.1, 0.15) is 59.8 Å². The number of carbonyl (C=O) groups excluding carboxylic acids is 5. The zero-order valence-corrected chi connectivity index (χ0v) is 19.1. The molecule has 0 amide bonds. The zero-order chi connectivity index (χ0) is 23.5. The fraction of sp³-hybridized carbons (Fsp3) is 0.640. The molecule has 3 unspecified atom stereocenters. The van der Waals surface area contributed by atoms with Gasteiger partial charge in [0.2, 0.25) is 5.78 Å². The number of Topliss-reactive ketones (excluding diaryl/α,β-unsaturated/α-hetero) is 2. The lowest BCUT2D eigenvalue weighted by Gasteiger charge is -2.57. The lowest BCUT2D eigenvalue weighted by molar-refractivity contribution is -0.191. The predicted octanol–water partition coefficient (Wildman–Crippen LogP) is 2.91. The summed E-state index contributed by atoms with van der Waals surface area (Å²) in [4.78, 5) is 62.4. The van der Waals surface area contributed by atoms with Crippen LogP contribution in [0.2, 0.25) is 0 Å². The largest absolute Gasteiger partial charge is 0.458 e. The van der Waals surface area contributed by atoms with Crippen LogP contribution in [0.4, 0.5) is 0 Å². The van der Waals surface area contributed by atoms with Gasteiger partial charge in [-0.1, -0.05) is 25.5 Å². The van der Waals surface area contributed by atoms with Gasteiger partial charge in [-0.05, 0) is 49.7 Å². The Labute approximate surface area is 187 Å². The van der Waals surface area contributed by atoms with E-state index in [9.17, 15) is 24.0 Å². The van der Waals surface area contributed by atoms with E-state index in [-0.39, 0.29) is 35.7 Å². The van der Waals surface area contributed by atoms with E-state index in [0.717, 1.165) is 18.4 Å². The molecule has 0 aliphatic heterocycles. The Morgan fingerprint density at radius 1 is 1.09 bits per heavy atom. The molecule has 0 spiro atoms. The molecule has 4 rings (SSSR count). The van der Waals surface area contributed by atoms with Gasteiger partial charge >= 0.3 is 11.9 Å². The molecule has 7 heteroatoms. The van der Waals surface area contributed by atoms with E-state index in [4.69, 9.17) is 9.47 Å². The number of hydrogen-bond acceptors (Lipinski definition) is 7. The molecule has 6 atom stereocenters. The van der Waals surface area contributed by atoms with E-state index in [1.807, 2.05) is 19.9 Å². The minimum Gasteiger partial charge on any atom is -0.458 e. The second-order valence-electron chi connectivity index (χ2n) is 10.2. The number of hydrogen-bond donors (Lipinski definition) is 0. The maximum absolute atomic E-state index is 13.7. The van der Waals surface area contributed by atoms with Crippen LogP contribution in [0, 0.1) is 28.6 Å². The molecular formula is C25H30O7. The maximum atomic E-state index is 13.7. The van der Waals surface area contributed by atoms with Crippen molar-refractivity contribution < 1.29 is 33.4 Å². The fourth-order valence-corrected chi connectivity index (χ4v) is 7.23. The van der Waals surface area contributed by atoms with Crippen molar-refractivity contribution in [2.75, 3.05) is 6.61 Å². The molecule has 0 bridgehead atoms. The highest BCUT2D eigenvalue weighted by Gasteiger charge is 2.70. The quantitative estimate of drug-likeness (QED) is 0.617. The van der Waals surface area contributed by atoms with Crippen LogP contribution in [0.25, 0.3) is 0 Å². The van der Waals surface area contributed by atoms with E-state index in [0.29, 0.717) is 12.8 Å². The molecule has 0 N–H and O–H groups in total. The molecule has 32 heavy (non-hydrogen) atoms. The smallest absolute Gasteiger partial charge is 0.303 e. The first-order valence-corrected chi connectivity index (χ1v) is 11.3. The molecule has 0 radical (unpaired) electrons. The van der Waals surface area contributed by atoms with Crippen molar-refractivity contribution in [2.45, 2.75) is 65.4 Å². The summed E-state index contributed by atoms with van der Waals surface area (Å²) in [6, 6.07) is 0. The second-order valence-corrected chi connectivity index (χ2v) is 10.2. The Morgan fingerprint density at radius 3 is 2.47 bits per heavy atom. The number of ether oxygens (including phenoxy) is 2. The molecule has 0 aromatic carbocycles. The number of esters is 2. The minimum atomic E-state index is -1.49. The topological polar surface area (TPSA) is 104 Å². The molecule has 4 aliphatic rings. The first-order chi connectivity index (χ1) is 14.9. The standard InChI is InChI=1S/C25H30O7/c1-14(26)31-13-21(30)25(32-15(2)27)10-8-19-18-6-5-16-11-17(28)7-9-23(16,3)22(18)20(29)12-24(19,25)4/h7,9,11,18-19,22H,5-6,8,10,12-13H2,1-4H3/t18?,19?,22?,23-,24-,25-/m0/s1. The van der Waals surface area contributed by atoms with Gasteiger partial charge in [-0.3, -0.25) is 24.0 Å². The number of fused-ring (bicyclic) bond motifs is 5. The van der Waals surface area contributed by atoms with Crippen molar-refractivity contribution in [1.29, 1.82) is 0 Å². The van der Waals surface area contributed by atoms with Crippen LogP contribution < -0.4 is 0 Å². The average molecular weight is 443 g/mol. The number of rotatable bonds is 4. The van der Waals surface area contributed by atoms with E-state index in [1.165, 1.54) is 13.8 Å². The van der Waals surface area contributed by atoms with Gasteiger partial charge in [-0.15, -0.1) is 0 Å². The van der Waals surface area contributed by atoms with Crippen molar-refractivity contribution in [3.63, 3.8) is 0 Å². The molecule has 3 saturated carbocycles. The van der Waals surface area contributed by atoms with Crippen molar-refractivity contribution in [3.05, 3.63) is 23.8 Å². The van der Waals surface area contributed by atoms with Gasteiger partial charge in [0.05, 0.1) is 0 Å². The monoisotopic (exact) mass is 442 g/mol. The highest BCUT2D eigenvalue weighted by molar-refractivity contribution is 6.02. The van der Waals surface area contributed by atoms with Crippen LogP contribution >= 0.6 is 0 Å². The summed E-state index contributed by atoms with van der Waals surface area (Å²) in [7, 11) is 0. The molecule has 172 valence electrons. The molecule has 7 nitrogen and oxygen atoms in total. The first-order valence-electron chi connectivity index (χ1n) is 11.3. The summed E-state index contributed by atoms with van der Waals surface area (Å²) in [5, 5.41) is 0. The van der Waals surface area contributed by atoms with E-state index >= 15 is 0 Å². The van der Waals surface area contributed by atoms with Gasteiger partial charge in [-0.25, -0.2) is 0 Å². The molecule has 0 saturated heterocycles. The van der Waals surface area contributed by atoms with Crippen LogP contribution in [0.5, 0.6) is 0 Å². The van der Waals surface area contributed by atoms with Crippen molar-refractivity contribution in [3.8, 4) is 0 Å². The Kier molecular flexibility index (Phi) is 5.30. The summed E-state index contributed by atoms with van der Waals surface area (Å²) in [5.74, 6) is -1.93. The average Bonchev–Trinajstić information content (AvgIpc) is 2.98. The van der Waals surface area contributed by atoms with Gasteiger partial charge in [0.1, 0.15) is 5.78 Å². The molecule has 0 aromatic heterocycles. The van der Waals surface area contributed by atoms with Crippen LogP contribution in [0.15, 0.2) is 23.8 Å². The van der Waals surface area contributed by atoms with Crippen LogP contribution in [-0.4, -0.2) is 41.5 Å². The Bertz CT molecular complexity index is 975. The summed E-state index contributed by atoms with van der Waals surface area (Å²) >= 11 is 0. The highest BCUT2D eigenvalue weighted by atomic mass is 16.6. The van der Waals surface area contributed by atoms with Gasteiger partial charge in [0.15, 0.2) is 18.0 Å². The third-order valence-corrected chi connectivity index (χ3v) is 8.55. The zero-order valence-electron chi connectivity index (χ0n) is 19.1. The van der Waals surface area contributed by atoms with Gasteiger partial charge in [0.25, 0.3) is 0 Å². The predicted molar refractivity (Wildman–Crippen MR) is 113 cm³/mol. The SMILES string of the molecule is CC(=O)OCC(=O)[C@@]1(OC(C)=O)CCC2C3CCC4=CC(=O)C=C[C@]4(C)C3C(=O)C[C@@]21C. The van der Waals surface area contributed by atoms with Gasteiger partial charge < -0.3 is 9.47 Å². The van der Waals surface area contributed by atoms with Crippen LogP contribution in [-0.2, 0) is 33.4 Å². The molecular weight excluding hydrogens is 412 g/mol. The lowest BCUT2D eigenvalue weighted by Crippen LogP contribution is -2.62. The summed E-state index contributed by atoms with van der Waals surface area (Å²) in [6.07, 6.45) is 7.60. The van der Waals surface area contributed by atoms with Gasteiger partial charge in [-0.2, -0.15) is 0 Å². The minimum absolute atomic E-state index is 0.00442. The van der Waals surface area contributed by atoms with Crippen LogP contribution in [0.3, 0.4) is 0 Å². The summed E-state index contributed by atoms with van der Waals surface area (Å²) in [6.45, 7) is 5.90. The third-order valence-electron chi connectivity index (χ3n) is 8.55. The molecule has 0 aromatic rings. The van der Waals surface area contributed by atoms with E-state index < -0.39 is 40.8 Å². The Hall–Kier alpha value is -2.57. The second kappa shape index (κ2) is 7.49. The number of ketones is 3. The molecule has 4 aliphatic carbocycles. The van der Waals surface area contributed by atoms with E-state index in [1.54, 1.807) is 12.2 Å². The number of carbonyl (C=O) groups is 5. The maximum Gasteiger partial charge on any atom is 0.303 e. The lowest BCUT2D eigenvalue weighted by atomic mass is 9.46. The van der Waals surface area contributed by atoms with Crippen molar-refractivity contribution in [1.82, 2.24) is 0 Å². The first kappa shape index (κ1) is 22.6. The van der Waals surface area contributed by atoms with Crippen molar-refractivity contribution >= 4 is 29.3 Å². The highest BCUT2D eigenvalue weighted by Crippen LogP contribution is 2.66. The van der Waals surface area contributed by atoms with Crippen molar-refractivity contribution in [2.24, 2.45) is 28.6 Å². The Morgan fingerprint density at radius 2 is 1.81 bits per heavy atom. The molecule has 3 fully saturated rings.